The number of nitrogens with zero attached hydrogens (tertiary/aromatic N) is 10. The highest BCUT2D eigenvalue weighted by molar-refractivity contribution is 7.88. The molecule has 2 saturated carbocycles. The number of hydrogen-bond donors (Lipinski definition) is 2. The summed E-state index contributed by atoms with van der Waals surface area (Å²) in [5.74, 6) is 1.26. The molecular formula is C43H60N12O7S3. The second kappa shape index (κ2) is 22.2. The zero-order valence-electron chi connectivity index (χ0n) is 37.4. The molecule has 4 aromatic rings. The van der Waals surface area contributed by atoms with Gasteiger partial charge in [-0.2, -0.15) is 15.5 Å². The van der Waals surface area contributed by atoms with Crippen molar-refractivity contribution in [3.05, 3.63) is 56.4 Å². The number of hydrogen-bond acceptors (Lipinski definition) is 15. The molecule has 2 aliphatic carbocycles. The van der Waals surface area contributed by atoms with Crippen molar-refractivity contribution in [2.24, 2.45) is 17.6 Å². The molecule has 1 atom stereocenters. The van der Waals surface area contributed by atoms with Gasteiger partial charge in [-0.1, -0.05) is 38.5 Å². The van der Waals surface area contributed by atoms with Crippen LogP contribution in [0.5, 0.6) is 0 Å². The predicted molar refractivity (Wildman–Crippen MR) is 249 cm³/mol. The first kappa shape index (κ1) is 49.7. The topological polar surface area (TPSA) is 273 Å². The molecule has 65 heavy (non-hydrogen) atoms. The van der Waals surface area contributed by atoms with E-state index < -0.39 is 30.8 Å². The summed E-state index contributed by atoms with van der Waals surface area (Å²) in [5, 5.41) is 23.4. The van der Waals surface area contributed by atoms with Crippen LogP contribution in [0.4, 0.5) is 5.95 Å². The number of anilines is 1. The van der Waals surface area contributed by atoms with Gasteiger partial charge >= 0.3 is 0 Å². The van der Waals surface area contributed by atoms with Crippen LogP contribution in [0.15, 0.2) is 39.3 Å². The third-order valence-electron chi connectivity index (χ3n) is 12.7. The van der Waals surface area contributed by atoms with Gasteiger partial charge < -0.3 is 11.1 Å². The van der Waals surface area contributed by atoms with Gasteiger partial charge in [0.25, 0.3) is 11.1 Å². The molecular weight excluding hydrogens is 893 g/mol. The van der Waals surface area contributed by atoms with E-state index in [1.54, 1.807) is 21.4 Å². The van der Waals surface area contributed by atoms with E-state index in [2.05, 4.69) is 25.3 Å². The molecule has 8 rings (SSSR count). The molecule has 3 N–H and O–H groups in total. The van der Waals surface area contributed by atoms with Crippen LogP contribution >= 0.6 is 0 Å². The van der Waals surface area contributed by atoms with Gasteiger partial charge in [0, 0.05) is 80.8 Å². The van der Waals surface area contributed by atoms with Gasteiger partial charge in [-0.05, 0) is 75.3 Å². The summed E-state index contributed by atoms with van der Waals surface area (Å²) >= 11 is 0. The van der Waals surface area contributed by atoms with Crippen LogP contribution in [0.1, 0.15) is 101 Å². The smallest absolute Gasteiger partial charge is 0.270 e. The van der Waals surface area contributed by atoms with Crippen LogP contribution in [-0.2, 0) is 43.9 Å². The van der Waals surface area contributed by atoms with Gasteiger partial charge in [0.05, 0.1) is 23.3 Å². The van der Waals surface area contributed by atoms with Crippen LogP contribution in [0.25, 0.3) is 22.1 Å². The third-order valence-corrected chi connectivity index (χ3v) is 16.0. The molecule has 1 unspecified atom stereocenters. The van der Waals surface area contributed by atoms with Crippen molar-refractivity contribution >= 4 is 58.9 Å². The average Bonchev–Trinajstić information content (AvgIpc) is 3.29. The number of piperidine rings is 2. The number of fused-ring (bicyclic) bond motifs is 2. The number of nitriles is 2. The highest BCUT2D eigenvalue weighted by Gasteiger charge is 2.26. The summed E-state index contributed by atoms with van der Waals surface area (Å²) in [6, 6.07) is 7.28. The molecule has 0 spiro atoms. The Bertz CT molecular complexity index is 2780. The Kier molecular flexibility index (Phi) is 17.0. The fourth-order valence-electron chi connectivity index (χ4n) is 8.99. The van der Waals surface area contributed by atoms with E-state index in [1.807, 2.05) is 12.1 Å². The molecule has 4 aromatic heterocycles. The maximum Gasteiger partial charge on any atom is 0.270 e. The minimum atomic E-state index is -3.17. The van der Waals surface area contributed by atoms with Gasteiger partial charge in [-0.25, -0.2) is 40.4 Å². The number of sulfonamides is 2. The Morgan fingerprint density at radius 2 is 1.12 bits per heavy atom. The number of aromatic nitrogens is 6. The first-order chi connectivity index (χ1) is 30.9. The van der Waals surface area contributed by atoms with E-state index in [4.69, 9.17) is 5.73 Å². The maximum absolute atomic E-state index is 12.9. The second-order valence-corrected chi connectivity index (χ2v) is 22.9. The lowest BCUT2D eigenvalue weighted by Crippen LogP contribution is -2.42. The van der Waals surface area contributed by atoms with Crippen molar-refractivity contribution in [2.45, 2.75) is 120 Å². The van der Waals surface area contributed by atoms with Crippen LogP contribution in [0.3, 0.4) is 0 Å². The normalized spacial score (nSPS) is 19.3. The third kappa shape index (κ3) is 13.2. The highest BCUT2D eigenvalue weighted by Crippen LogP contribution is 2.27. The monoisotopic (exact) mass is 952 g/mol. The molecule has 0 aromatic carbocycles. The SMILES string of the molecule is CS(=O)(=O)N1CCC(N)CC1.CS(=O)(=O)N1CCC(Nc2ncc3cc(C#N)c(=O)n(CC4CCCCC4)c3n2)CC1.CS(=O)c1ncc2cc(C#N)c(=O)n(CC3CCCCC3)c2n1. The minimum Gasteiger partial charge on any atom is -0.351 e. The Morgan fingerprint density at radius 1 is 0.692 bits per heavy atom. The highest BCUT2D eigenvalue weighted by atomic mass is 32.2. The van der Waals surface area contributed by atoms with Crippen molar-refractivity contribution in [3.8, 4) is 12.1 Å². The van der Waals surface area contributed by atoms with Crippen LogP contribution < -0.4 is 22.2 Å². The number of pyridine rings is 2. The minimum absolute atomic E-state index is 0.0624. The molecule has 4 fully saturated rings. The molecule has 0 bridgehead atoms. The van der Waals surface area contributed by atoms with E-state index >= 15 is 0 Å². The number of rotatable bonds is 9. The van der Waals surface area contributed by atoms with Crippen LogP contribution in [0.2, 0.25) is 0 Å². The van der Waals surface area contributed by atoms with Crippen LogP contribution in [0, 0.1) is 34.5 Å². The molecule has 2 aliphatic heterocycles. The van der Waals surface area contributed by atoms with Gasteiger partial charge in [-0.3, -0.25) is 22.9 Å². The molecule has 19 nitrogen and oxygen atoms in total. The van der Waals surface area contributed by atoms with E-state index in [1.165, 1.54) is 78.2 Å². The molecule has 22 heteroatoms. The fraction of sp³-hybridized carbons (Fsp3) is 0.628. The lowest BCUT2D eigenvalue weighted by Gasteiger charge is -2.30. The molecule has 352 valence electrons. The molecule has 6 heterocycles. The Labute approximate surface area is 383 Å². The van der Waals surface area contributed by atoms with Crippen molar-refractivity contribution in [3.63, 3.8) is 0 Å². The summed E-state index contributed by atoms with van der Waals surface area (Å²) in [6.07, 6.45) is 21.6. The van der Waals surface area contributed by atoms with Gasteiger partial charge in [-0.15, -0.1) is 0 Å². The summed E-state index contributed by atoms with van der Waals surface area (Å²) in [4.78, 5) is 42.9. The number of nitrogens with two attached hydrogens (primary N) is 1. The largest absolute Gasteiger partial charge is 0.351 e. The molecule has 0 radical (unpaired) electrons. The van der Waals surface area contributed by atoms with Crippen molar-refractivity contribution in [2.75, 3.05) is 50.3 Å². The summed E-state index contributed by atoms with van der Waals surface area (Å²) in [5.41, 5.74) is 6.22. The lowest BCUT2D eigenvalue weighted by atomic mass is 9.89. The quantitative estimate of drug-likeness (QED) is 0.228. The summed E-state index contributed by atoms with van der Waals surface area (Å²) in [7, 11) is -7.46. The first-order valence-electron chi connectivity index (χ1n) is 22.3. The molecule has 2 saturated heterocycles. The second-order valence-electron chi connectivity index (χ2n) is 17.6. The molecule has 0 amide bonds. The standard InChI is InChI=1S/C21H28N6O3S.C16H18N4O2S.C6H14N2O2S/c1-31(29,30)26-9-7-18(8-10-26)24-21-23-13-17-11-16(12-22)20(28)27(19(17)25-21)14-15-5-3-2-4-6-15;1-23(22)16-18-9-13-7-12(8-17)15(21)20(14(13)19-16)10-11-5-3-2-4-6-11;1-11(9,10)8-4-2-6(7)3-5-8/h11,13,15,18H,2-10,14H2,1H3,(H,23,24,25);7,9,11H,2-6,10H2,1H3;6H,2-5,7H2,1H3. The van der Waals surface area contributed by atoms with Crippen molar-refractivity contribution < 1.29 is 21.0 Å². The molecule has 4 aliphatic rings. The Morgan fingerprint density at radius 3 is 1.55 bits per heavy atom. The van der Waals surface area contributed by atoms with Gasteiger partial charge in [0.2, 0.25) is 31.2 Å². The first-order valence-corrected chi connectivity index (χ1v) is 27.6. The maximum atomic E-state index is 12.9. The lowest BCUT2D eigenvalue weighted by molar-refractivity contribution is 0.319. The van der Waals surface area contributed by atoms with E-state index in [0.29, 0.717) is 92.0 Å². The zero-order chi connectivity index (χ0) is 46.9. The van der Waals surface area contributed by atoms with E-state index in [-0.39, 0.29) is 39.5 Å². The summed E-state index contributed by atoms with van der Waals surface area (Å²) < 4.78 is 63.2. The Balaban J connectivity index is 0.000000180. The van der Waals surface area contributed by atoms with Gasteiger partial charge in [0.1, 0.15) is 34.6 Å². The fourth-order valence-corrected chi connectivity index (χ4v) is 11.2. The van der Waals surface area contributed by atoms with E-state index in [9.17, 15) is 41.2 Å². The average molecular weight is 953 g/mol. The van der Waals surface area contributed by atoms with Crippen molar-refractivity contribution in [1.29, 1.82) is 10.5 Å². The van der Waals surface area contributed by atoms with E-state index in [0.717, 1.165) is 38.5 Å². The van der Waals surface area contributed by atoms with Crippen LogP contribution in [-0.4, -0.2) is 116 Å². The number of nitrogens with one attached hydrogen (secondary N) is 1. The Hall–Kier alpha value is -4.71. The van der Waals surface area contributed by atoms with Gasteiger partial charge in [0.15, 0.2) is 0 Å². The predicted octanol–water partition coefficient (Wildman–Crippen LogP) is 3.43. The summed E-state index contributed by atoms with van der Waals surface area (Å²) in [6.45, 7) is 3.20. The van der Waals surface area contributed by atoms with Crippen molar-refractivity contribution in [1.82, 2.24) is 37.7 Å². The zero-order valence-corrected chi connectivity index (χ0v) is 39.8.